The van der Waals surface area contributed by atoms with E-state index in [-0.39, 0.29) is 29.9 Å². The van der Waals surface area contributed by atoms with Crippen LogP contribution in [0.4, 0.5) is 5.69 Å². The van der Waals surface area contributed by atoms with E-state index < -0.39 is 5.41 Å². The van der Waals surface area contributed by atoms with Gasteiger partial charge in [-0.1, -0.05) is 17.7 Å². The average Bonchev–Trinajstić information content (AvgIpc) is 3.08. The summed E-state index contributed by atoms with van der Waals surface area (Å²) in [5.41, 5.74) is 0.601. The Labute approximate surface area is 184 Å². The molecule has 0 bridgehead atoms. The van der Waals surface area contributed by atoms with Crippen LogP contribution in [0.25, 0.3) is 0 Å². The lowest BCUT2D eigenvalue weighted by Crippen LogP contribution is -2.45. The predicted octanol–water partition coefficient (Wildman–Crippen LogP) is 2.86. The number of carbonyl (C=O) groups is 1. The summed E-state index contributed by atoms with van der Waals surface area (Å²) in [4.78, 5) is 18.9. The minimum atomic E-state index is -0.542. The zero-order valence-corrected chi connectivity index (χ0v) is 19.6. The van der Waals surface area contributed by atoms with Crippen LogP contribution in [0, 0.1) is 5.41 Å². The molecule has 0 radical (unpaired) electrons. The summed E-state index contributed by atoms with van der Waals surface area (Å²) in [6.45, 7) is 8.90. The lowest BCUT2D eigenvalue weighted by Gasteiger charge is -2.23. The summed E-state index contributed by atoms with van der Waals surface area (Å²) in [6.07, 6.45) is 1.02. The SMILES string of the molecule is CCNC(=NCC(C)(C)C(=O)NC)NC1CCN(c2cccc(Cl)c2)C1.I. The first-order valence-corrected chi connectivity index (χ1v) is 9.51. The maximum atomic E-state index is 11.9. The largest absolute Gasteiger partial charge is 0.369 e. The Bertz CT molecular complexity index is 653. The fraction of sp³-hybridized carbons (Fsp3) is 0.579. The van der Waals surface area contributed by atoms with E-state index in [0.717, 1.165) is 42.7 Å². The van der Waals surface area contributed by atoms with Gasteiger partial charge < -0.3 is 20.9 Å². The molecule has 1 saturated heterocycles. The van der Waals surface area contributed by atoms with Gasteiger partial charge in [-0.2, -0.15) is 0 Å². The Kier molecular flexibility index (Phi) is 9.66. The Morgan fingerprint density at radius 1 is 1.41 bits per heavy atom. The van der Waals surface area contributed by atoms with Crippen molar-refractivity contribution in [1.82, 2.24) is 16.0 Å². The summed E-state index contributed by atoms with van der Waals surface area (Å²) in [5.74, 6) is 0.743. The molecule has 0 aliphatic carbocycles. The number of anilines is 1. The summed E-state index contributed by atoms with van der Waals surface area (Å²) in [7, 11) is 1.65. The molecule has 1 aliphatic rings. The van der Waals surface area contributed by atoms with E-state index in [1.54, 1.807) is 7.05 Å². The van der Waals surface area contributed by atoms with Crippen LogP contribution in [0.15, 0.2) is 29.3 Å². The van der Waals surface area contributed by atoms with Gasteiger partial charge in [0, 0.05) is 43.4 Å². The van der Waals surface area contributed by atoms with Crippen molar-refractivity contribution in [1.29, 1.82) is 0 Å². The number of carbonyl (C=O) groups excluding carboxylic acids is 1. The molecule has 1 aliphatic heterocycles. The zero-order chi connectivity index (χ0) is 19.2. The van der Waals surface area contributed by atoms with Crippen molar-refractivity contribution < 1.29 is 4.79 Å². The third-order valence-electron chi connectivity index (χ3n) is 4.52. The molecule has 1 aromatic rings. The van der Waals surface area contributed by atoms with E-state index in [2.05, 4.69) is 31.9 Å². The highest BCUT2D eigenvalue weighted by Crippen LogP contribution is 2.23. The lowest BCUT2D eigenvalue weighted by atomic mass is 9.93. The number of nitrogens with one attached hydrogen (secondary N) is 3. The van der Waals surface area contributed by atoms with E-state index in [1.807, 2.05) is 39.0 Å². The smallest absolute Gasteiger partial charge is 0.227 e. The third-order valence-corrected chi connectivity index (χ3v) is 4.76. The number of hydrogen-bond acceptors (Lipinski definition) is 3. The maximum absolute atomic E-state index is 11.9. The molecular formula is C19H31ClIN5O. The summed E-state index contributed by atoms with van der Waals surface area (Å²) >= 11 is 6.10. The van der Waals surface area contributed by atoms with Gasteiger partial charge in [0.05, 0.1) is 12.0 Å². The highest BCUT2D eigenvalue weighted by atomic mass is 127. The Morgan fingerprint density at radius 3 is 2.78 bits per heavy atom. The van der Waals surface area contributed by atoms with Crippen molar-refractivity contribution in [2.24, 2.45) is 10.4 Å². The molecule has 0 aromatic heterocycles. The molecule has 1 heterocycles. The predicted molar refractivity (Wildman–Crippen MR) is 124 cm³/mol. The lowest BCUT2D eigenvalue weighted by molar-refractivity contribution is -0.128. The summed E-state index contributed by atoms with van der Waals surface area (Å²) in [6, 6.07) is 8.25. The first kappa shape index (κ1) is 23.8. The molecule has 1 fully saturated rings. The van der Waals surface area contributed by atoms with Crippen molar-refractivity contribution in [3.05, 3.63) is 29.3 Å². The van der Waals surface area contributed by atoms with Crippen molar-refractivity contribution in [2.75, 3.05) is 38.1 Å². The van der Waals surface area contributed by atoms with Crippen LogP contribution in [0.1, 0.15) is 27.2 Å². The molecule has 1 aromatic carbocycles. The molecule has 1 amide bonds. The van der Waals surface area contributed by atoms with Crippen molar-refractivity contribution in [3.8, 4) is 0 Å². The molecule has 152 valence electrons. The molecule has 2 rings (SSSR count). The fourth-order valence-corrected chi connectivity index (χ4v) is 3.17. The molecule has 1 unspecified atom stereocenters. The maximum Gasteiger partial charge on any atom is 0.227 e. The molecule has 6 nitrogen and oxygen atoms in total. The van der Waals surface area contributed by atoms with Crippen molar-refractivity contribution >= 4 is 53.1 Å². The number of halogens is 2. The number of rotatable bonds is 6. The molecule has 3 N–H and O–H groups in total. The summed E-state index contributed by atoms with van der Waals surface area (Å²) in [5, 5.41) is 10.2. The standard InChI is InChI=1S/C19H30ClN5O.HI/c1-5-22-18(23-13-19(2,3)17(26)21-4)24-15-9-10-25(12-15)16-8-6-7-14(20)11-16;/h6-8,11,15H,5,9-10,12-13H2,1-4H3,(H,21,26)(H2,22,23,24);1H. The number of hydrogen-bond donors (Lipinski definition) is 3. The van der Waals surface area contributed by atoms with Crippen LogP contribution in [0.5, 0.6) is 0 Å². The van der Waals surface area contributed by atoms with E-state index in [0.29, 0.717) is 12.6 Å². The second-order valence-corrected chi connectivity index (χ2v) is 7.65. The van der Waals surface area contributed by atoms with Gasteiger partial charge in [-0.25, -0.2) is 0 Å². The minimum Gasteiger partial charge on any atom is -0.369 e. The van der Waals surface area contributed by atoms with Crippen LogP contribution in [0.2, 0.25) is 5.02 Å². The topological polar surface area (TPSA) is 68.8 Å². The summed E-state index contributed by atoms with van der Waals surface area (Å²) < 4.78 is 0. The van der Waals surface area contributed by atoms with Gasteiger partial charge in [-0.15, -0.1) is 24.0 Å². The Balaban J connectivity index is 0.00000364. The quantitative estimate of drug-likeness (QED) is 0.315. The highest BCUT2D eigenvalue weighted by molar-refractivity contribution is 14.0. The fourth-order valence-electron chi connectivity index (χ4n) is 2.99. The average molecular weight is 508 g/mol. The third kappa shape index (κ3) is 7.03. The van der Waals surface area contributed by atoms with E-state index in [4.69, 9.17) is 11.6 Å². The van der Waals surface area contributed by atoms with Crippen LogP contribution < -0.4 is 20.9 Å². The Hall–Kier alpha value is -1.22. The van der Waals surface area contributed by atoms with E-state index in [1.165, 1.54) is 0 Å². The van der Waals surface area contributed by atoms with Gasteiger partial charge in [0.2, 0.25) is 5.91 Å². The second-order valence-electron chi connectivity index (χ2n) is 7.21. The first-order chi connectivity index (χ1) is 12.4. The molecule has 8 heteroatoms. The van der Waals surface area contributed by atoms with Crippen LogP contribution in [0.3, 0.4) is 0 Å². The van der Waals surface area contributed by atoms with Gasteiger partial charge in [0.25, 0.3) is 0 Å². The number of benzene rings is 1. The number of guanidine groups is 1. The van der Waals surface area contributed by atoms with Gasteiger partial charge in [0.15, 0.2) is 5.96 Å². The first-order valence-electron chi connectivity index (χ1n) is 9.13. The van der Waals surface area contributed by atoms with Gasteiger partial charge in [0.1, 0.15) is 0 Å². The van der Waals surface area contributed by atoms with Crippen molar-refractivity contribution in [3.63, 3.8) is 0 Å². The van der Waals surface area contributed by atoms with Gasteiger partial charge in [-0.05, 0) is 45.4 Å². The molecular weight excluding hydrogens is 477 g/mol. The molecule has 1 atom stereocenters. The van der Waals surface area contributed by atoms with Gasteiger partial charge >= 0.3 is 0 Å². The van der Waals surface area contributed by atoms with Crippen molar-refractivity contribution in [2.45, 2.75) is 33.2 Å². The van der Waals surface area contributed by atoms with E-state index in [9.17, 15) is 4.79 Å². The highest BCUT2D eigenvalue weighted by Gasteiger charge is 2.27. The van der Waals surface area contributed by atoms with Crippen LogP contribution >= 0.6 is 35.6 Å². The van der Waals surface area contributed by atoms with Crippen LogP contribution in [-0.2, 0) is 4.79 Å². The minimum absolute atomic E-state index is 0. The normalized spacial score (nSPS) is 17.3. The van der Waals surface area contributed by atoms with E-state index >= 15 is 0 Å². The zero-order valence-electron chi connectivity index (χ0n) is 16.5. The monoisotopic (exact) mass is 507 g/mol. The number of nitrogens with zero attached hydrogens (tertiary/aromatic N) is 2. The second kappa shape index (κ2) is 10.9. The van der Waals surface area contributed by atoms with Gasteiger partial charge in [-0.3, -0.25) is 9.79 Å². The van der Waals surface area contributed by atoms with Crippen LogP contribution in [-0.4, -0.2) is 51.1 Å². The molecule has 0 spiro atoms. The number of aliphatic imine (C=N–C) groups is 1. The molecule has 27 heavy (non-hydrogen) atoms. The number of amides is 1. The Morgan fingerprint density at radius 2 is 2.15 bits per heavy atom. The molecule has 0 saturated carbocycles.